The molecule has 0 atom stereocenters. The van der Waals surface area contributed by atoms with Gasteiger partial charge in [0.2, 0.25) is 0 Å². The molecule has 5 nitrogen and oxygen atoms in total. The van der Waals surface area contributed by atoms with Gasteiger partial charge in [0.1, 0.15) is 0 Å². The highest BCUT2D eigenvalue weighted by Gasteiger charge is 2.19. The molecular weight excluding hydrogens is 250 g/mol. The maximum absolute atomic E-state index is 11.0. The Labute approximate surface area is 109 Å². The van der Waals surface area contributed by atoms with E-state index in [2.05, 4.69) is 4.98 Å². The van der Waals surface area contributed by atoms with Crippen molar-refractivity contribution in [2.24, 2.45) is 5.92 Å². The van der Waals surface area contributed by atoms with Crippen molar-refractivity contribution in [1.82, 2.24) is 9.38 Å². The van der Waals surface area contributed by atoms with Crippen LogP contribution in [-0.2, 0) is 0 Å². The van der Waals surface area contributed by atoms with Crippen molar-refractivity contribution >= 4 is 22.4 Å². The number of fused-ring (bicyclic) bond motifs is 1. The molecule has 18 heavy (non-hydrogen) atoms. The van der Waals surface area contributed by atoms with Crippen LogP contribution in [0.25, 0.3) is 11.0 Å². The van der Waals surface area contributed by atoms with Gasteiger partial charge in [-0.15, -0.1) is 11.3 Å². The first kappa shape index (κ1) is 12.8. The average Bonchev–Trinajstić information content (AvgIpc) is 2.75. The normalized spacial score (nSPS) is 12.6. The van der Waals surface area contributed by atoms with E-state index < -0.39 is 0 Å². The molecule has 0 spiro atoms. The first-order valence-electron chi connectivity index (χ1n) is 5.71. The number of hydrogen-bond donors (Lipinski definition) is 0. The van der Waals surface area contributed by atoms with E-state index in [1.807, 2.05) is 37.5 Å². The molecule has 2 aromatic heterocycles. The lowest BCUT2D eigenvalue weighted by Gasteiger charge is -2.02. The van der Waals surface area contributed by atoms with Crippen molar-refractivity contribution < 1.29 is 4.92 Å². The third-order valence-electron chi connectivity index (χ3n) is 2.84. The van der Waals surface area contributed by atoms with E-state index in [1.54, 1.807) is 17.4 Å². The van der Waals surface area contributed by atoms with Crippen LogP contribution >= 0.6 is 11.3 Å². The number of hydrogen-bond acceptors (Lipinski definition) is 4. The Kier molecular flexibility index (Phi) is 3.21. The second-order valence-corrected chi connectivity index (χ2v) is 5.40. The zero-order valence-electron chi connectivity index (χ0n) is 10.8. The maximum Gasteiger partial charge on any atom is 0.250 e. The minimum absolute atomic E-state index is 0.121. The SMILES string of the molecule is Cc1nc2scc(C)n2c1/C=C(/C(C)C)[N+](=O)[O-]. The number of nitrogens with zero attached hydrogens (tertiary/aromatic N) is 3. The van der Waals surface area contributed by atoms with E-state index in [1.165, 1.54) is 0 Å². The zero-order chi connectivity index (χ0) is 13.4. The molecule has 2 aromatic rings. The Morgan fingerprint density at radius 3 is 2.78 bits per heavy atom. The number of aromatic nitrogens is 2. The number of imidazole rings is 1. The van der Waals surface area contributed by atoms with Gasteiger partial charge in [-0.05, 0) is 13.8 Å². The standard InChI is InChI=1S/C12H15N3O2S/c1-7(2)10(15(16)17)5-11-9(4)13-12-14(11)8(3)6-18-12/h5-7H,1-4H3/b10-5-. The Bertz CT molecular complexity index is 637. The summed E-state index contributed by atoms with van der Waals surface area (Å²) in [4.78, 5) is 16.0. The van der Waals surface area contributed by atoms with Crippen LogP contribution in [0.1, 0.15) is 30.9 Å². The summed E-state index contributed by atoms with van der Waals surface area (Å²) >= 11 is 1.55. The fraction of sp³-hybridized carbons (Fsp3) is 0.417. The van der Waals surface area contributed by atoms with E-state index >= 15 is 0 Å². The number of thiazole rings is 1. The van der Waals surface area contributed by atoms with E-state index in [-0.39, 0.29) is 16.5 Å². The number of nitro groups is 1. The highest BCUT2D eigenvalue weighted by Crippen LogP contribution is 2.24. The van der Waals surface area contributed by atoms with Crippen LogP contribution in [0.4, 0.5) is 0 Å². The molecule has 0 saturated heterocycles. The molecule has 0 fully saturated rings. The molecule has 0 saturated carbocycles. The van der Waals surface area contributed by atoms with Gasteiger partial charge in [0.05, 0.1) is 16.3 Å². The van der Waals surface area contributed by atoms with Gasteiger partial charge in [-0.25, -0.2) is 4.98 Å². The van der Waals surface area contributed by atoms with E-state index in [0.29, 0.717) is 0 Å². The van der Waals surface area contributed by atoms with Crippen LogP contribution in [0.15, 0.2) is 11.1 Å². The summed E-state index contributed by atoms with van der Waals surface area (Å²) in [6.45, 7) is 7.50. The topological polar surface area (TPSA) is 60.4 Å². The molecule has 0 bridgehead atoms. The molecule has 2 heterocycles. The molecule has 0 aromatic carbocycles. The van der Waals surface area contributed by atoms with Gasteiger partial charge in [0.25, 0.3) is 5.70 Å². The zero-order valence-corrected chi connectivity index (χ0v) is 11.6. The average molecular weight is 265 g/mol. The summed E-state index contributed by atoms with van der Waals surface area (Å²) in [5.74, 6) is -0.121. The second-order valence-electron chi connectivity index (χ2n) is 4.56. The molecule has 0 aliphatic rings. The minimum Gasteiger partial charge on any atom is -0.288 e. The fourth-order valence-electron chi connectivity index (χ4n) is 1.87. The predicted molar refractivity (Wildman–Crippen MR) is 72.4 cm³/mol. The van der Waals surface area contributed by atoms with Gasteiger partial charge in [0, 0.05) is 23.1 Å². The summed E-state index contributed by atoms with van der Waals surface area (Å²) in [6, 6.07) is 0. The quantitative estimate of drug-likeness (QED) is 0.632. The van der Waals surface area contributed by atoms with Gasteiger partial charge < -0.3 is 0 Å². The van der Waals surface area contributed by atoms with Crippen LogP contribution in [0.2, 0.25) is 0 Å². The van der Waals surface area contributed by atoms with Gasteiger partial charge >= 0.3 is 0 Å². The fourth-order valence-corrected chi connectivity index (χ4v) is 2.78. The van der Waals surface area contributed by atoms with Gasteiger partial charge in [-0.1, -0.05) is 13.8 Å². The highest BCUT2D eigenvalue weighted by atomic mass is 32.1. The van der Waals surface area contributed by atoms with Crippen molar-refractivity contribution in [3.05, 3.63) is 38.3 Å². The Hall–Kier alpha value is -1.69. The number of aryl methyl sites for hydroxylation is 2. The largest absolute Gasteiger partial charge is 0.288 e. The van der Waals surface area contributed by atoms with Crippen molar-refractivity contribution in [3.8, 4) is 0 Å². The Morgan fingerprint density at radius 1 is 1.56 bits per heavy atom. The van der Waals surface area contributed by atoms with E-state index in [4.69, 9.17) is 0 Å². The van der Waals surface area contributed by atoms with Crippen LogP contribution < -0.4 is 0 Å². The van der Waals surface area contributed by atoms with Gasteiger partial charge in [-0.3, -0.25) is 14.5 Å². The Balaban J connectivity index is 2.66. The molecule has 0 aliphatic carbocycles. The Morgan fingerprint density at radius 2 is 2.22 bits per heavy atom. The van der Waals surface area contributed by atoms with Crippen molar-refractivity contribution in [2.75, 3.05) is 0 Å². The van der Waals surface area contributed by atoms with E-state index in [0.717, 1.165) is 22.0 Å². The molecule has 0 amide bonds. The molecule has 2 rings (SSSR count). The molecular formula is C12H15N3O2S. The number of allylic oxidation sites excluding steroid dienone is 1. The monoisotopic (exact) mass is 265 g/mol. The summed E-state index contributed by atoms with van der Waals surface area (Å²) in [5.41, 5.74) is 2.90. The highest BCUT2D eigenvalue weighted by molar-refractivity contribution is 7.15. The van der Waals surface area contributed by atoms with Gasteiger partial charge in [0.15, 0.2) is 4.96 Å². The summed E-state index contributed by atoms with van der Waals surface area (Å²) in [6.07, 6.45) is 1.64. The third kappa shape index (κ3) is 2.03. The van der Waals surface area contributed by atoms with Crippen LogP contribution in [0, 0.1) is 29.9 Å². The second kappa shape index (κ2) is 4.53. The smallest absolute Gasteiger partial charge is 0.250 e. The summed E-state index contributed by atoms with van der Waals surface area (Å²) < 4.78 is 1.96. The van der Waals surface area contributed by atoms with Crippen LogP contribution in [0.3, 0.4) is 0 Å². The maximum atomic E-state index is 11.0. The summed E-state index contributed by atoms with van der Waals surface area (Å²) in [5, 5.41) is 13.0. The van der Waals surface area contributed by atoms with Crippen molar-refractivity contribution in [2.45, 2.75) is 27.7 Å². The molecule has 96 valence electrons. The molecule has 0 aliphatic heterocycles. The minimum atomic E-state index is -0.314. The van der Waals surface area contributed by atoms with E-state index in [9.17, 15) is 10.1 Å². The molecule has 0 radical (unpaired) electrons. The first-order chi connectivity index (χ1) is 8.41. The number of rotatable bonds is 3. The third-order valence-corrected chi connectivity index (χ3v) is 3.78. The predicted octanol–water partition coefficient (Wildman–Crippen LogP) is 3.29. The molecule has 0 unspecified atom stereocenters. The lowest BCUT2D eigenvalue weighted by Crippen LogP contribution is -2.06. The lowest BCUT2D eigenvalue weighted by molar-refractivity contribution is -0.431. The van der Waals surface area contributed by atoms with Gasteiger partial charge in [-0.2, -0.15) is 0 Å². The first-order valence-corrected chi connectivity index (χ1v) is 6.59. The van der Waals surface area contributed by atoms with Crippen molar-refractivity contribution in [1.29, 1.82) is 0 Å². The van der Waals surface area contributed by atoms with Crippen LogP contribution in [-0.4, -0.2) is 14.3 Å². The van der Waals surface area contributed by atoms with Crippen LogP contribution in [0.5, 0.6) is 0 Å². The lowest BCUT2D eigenvalue weighted by atomic mass is 10.1. The molecule has 6 heteroatoms. The van der Waals surface area contributed by atoms with Crippen molar-refractivity contribution in [3.63, 3.8) is 0 Å². The summed E-state index contributed by atoms with van der Waals surface area (Å²) in [7, 11) is 0. The molecule has 0 N–H and O–H groups in total.